The van der Waals surface area contributed by atoms with Gasteiger partial charge in [-0.15, -0.1) is 11.3 Å². The second-order valence-electron chi connectivity index (χ2n) is 4.89. The van der Waals surface area contributed by atoms with E-state index < -0.39 is 0 Å². The Morgan fingerprint density at radius 3 is 2.95 bits per heavy atom. The SMILES string of the molecule is O=C(OCCc1ccccc1)N1CCc2ccsc2C1. The Hall–Kier alpha value is -1.81. The lowest BCUT2D eigenvalue weighted by molar-refractivity contribution is 0.0993. The van der Waals surface area contributed by atoms with Crippen molar-refractivity contribution in [2.75, 3.05) is 13.2 Å². The van der Waals surface area contributed by atoms with Crippen molar-refractivity contribution >= 4 is 17.4 Å². The molecule has 0 atom stereocenters. The third kappa shape index (κ3) is 3.02. The number of hydrogen-bond acceptors (Lipinski definition) is 3. The Kier molecular flexibility index (Phi) is 4.02. The molecule has 1 aliphatic rings. The number of ether oxygens (including phenoxy) is 1. The fraction of sp³-hybridized carbons (Fsp3) is 0.312. The highest BCUT2D eigenvalue weighted by molar-refractivity contribution is 7.10. The van der Waals surface area contributed by atoms with Crippen molar-refractivity contribution in [2.24, 2.45) is 0 Å². The Bertz CT molecular complexity index is 579. The zero-order valence-corrected chi connectivity index (χ0v) is 12.1. The monoisotopic (exact) mass is 287 g/mol. The van der Waals surface area contributed by atoms with Gasteiger partial charge in [0, 0.05) is 17.8 Å². The van der Waals surface area contributed by atoms with Crippen LogP contribution in [0.4, 0.5) is 4.79 Å². The third-order valence-corrected chi connectivity index (χ3v) is 4.49. The molecule has 3 nitrogen and oxygen atoms in total. The van der Waals surface area contributed by atoms with E-state index in [2.05, 4.69) is 11.4 Å². The molecule has 0 spiro atoms. The zero-order valence-electron chi connectivity index (χ0n) is 11.2. The molecule has 3 rings (SSSR count). The summed E-state index contributed by atoms with van der Waals surface area (Å²) in [4.78, 5) is 15.1. The minimum atomic E-state index is -0.194. The molecule has 0 fully saturated rings. The Morgan fingerprint density at radius 2 is 2.10 bits per heavy atom. The highest BCUT2D eigenvalue weighted by Crippen LogP contribution is 2.24. The molecular weight excluding hydrogens is 270 g/mol. The third-order valence-electron chi connectivity index (χ3n) is 3.54. The fourth-order valence-corrected chi connectivity index (χ4v) is 3.33. The summed E-state index contributed by atoms with van der Waals surface area (Å²) in [5, 5.41) is 2.09. The largest absolute Gasteiger partial charge is 0.449 e. The van der Waals surface area contributed by atoms with Crippen LogP contribution in [-0.4, -0.2) is 24.1 Å². The van der Waals surface area contributed by atoms with Gasteiger partial charge in [0.15, 0.2) is 0 Å². The van der Waals surface area contributed by atoms with Gasteiger partial charge in [0.05, 0.1) is 13.2 Å². The molecule has 0 radical (unpaired) electrons. The van der Waals surface area contributed by atoms with Gasteiger partial charge in [-0.3, -0.25) is 0 Å². The lowest BCUT2D eigenvalue weighted by Crippen LogP contribution is -2.36. The molecule has 104 valence electrons. The molecule has 0 saturated heterocycles. The van der Waals surface area contributed by atoms with Crippen molar-refractivity contribution in [3.05, 3.63) is 57.8 Å². The highest BCUT2D eigenvalue weighted by atomic mass is 32.1. The maximum atomic E-state index is 12.0. The van der Waals surface area contributed by atoms with Crippen LogP contribution in [0.25, 0.3) is 0 Å². The molecule has 20 heavy (non-hydrogen) atoms. The van der Waals surface area contributed by atoms with E-state index in [0.717, 1.165) is 19.4 Å². The van der Waals surface area contributed by atoms with E-state index in [1.54, 1.807) is 16.2 Å². The van der Waals surface area contributed by atoms with Crippen LogP contribution in [0.3, 0.4) is 0 Å². The first-order chi connectivity index (χ1) is 9.83. The minimum absolute atomic E-state index is 0.194. The lowest BCUT2D eigenvalue weighted by atomic mass is 10.1. The first-order valence-electron chi connectivity index (χ1n) is 6.84. The molecule has 0 bridgehead atoms. The number of amides is 1. The van der Waals surface area contributed by atoms with Crippen LogP contribution in [0.2, 0.25) is 0 Å². The smallest absolute Gasteiger partial charge is 0.410 e. The van der Waals surface area contributed by atoms with E-state index in [1.807, 2.05) is 30.3 Å². The quantitative estimate of drug-likeness (QED) is 0.865. The van der Waals surface area contributed by atoms with Gasteiger partial charge in [0.2, 0.25) is 0 Å². The molecule has 1 aromatic carbocycles. The average molecular weight is 287 g/mol. The van der Waals surface area contributed by atoms with Gasteiger partial charge in [-0.1, -0.05) is 30.3 Å². The maximum absolute atomic E-state index is 12.0. The molecule has 0 aliphatic carbocycles. The second kappa shape index (κ2) is 6.09. The van der Waals surface area contributed by atoms with Crippen LogP contribution in [0.5, 0.6) is 0 Å². The molecule has 0 N–H and O–H groups in total. The van der Waals surface area contributed by atoms with E-state index in [9.17, 15) is 4.79 Å². The van der Waals surface area contributed by atoms with Crippen molar-refractivity contribution in [3.63, 3.8) is 0 Å². The molecule has 2 aromatic rings. The van der Waals surface area contributed by atoms with Crippen molar-refractivity contribution in [3.8, 4) is 0 Å². The van der Waals surface area contributed by atoms with Crippen molar-refractivity contribution < 1.29 is 9.53 Å². The van der Waals surface area contributed by atoms with Crippen LogP contribution >= 0.6 is 11.3 Å². The lowest BCUT2D eigenvalue weighted by Gasteiger charge is -2.26. The van der Waals surface area contributed by atoms with E-state index in [4.69, 9.17) is 4.74 Å². The van der Waals surface area contributed by atoms with Gasteiger partial charge >= 0.3 is 6.09 Å². The maximum Gasteiger partial charge on any atom is 0.410 e. The second-order valence-corrected chi connectivity index (χ2v) is 5.89. The van der Waals surface area contributed by atoms with E-state index in [0.29, 0.717) is 13.2 Å². The number of rotatable bonds is 3. The minimum Gasteiger partial charge on any atom is -0.449 e. The number of thiophene rings is 1. The summed E-state index contributed by atoms with van der Waals surface area (Å²) in [7, 11) is 0. The first-order valence-corrected chi connectivity index (χ1v) is 7.72. The Labute approximate surface area is 122 Å². The normalized spacial score (nSPS) is 13.9. The number of fused-ring (bicyclic) bond motifs is 1. The number of nitrogens with zero attached hydrogens (tertiary/aromatic N) is 1. The van der Waals surface area contributed by atoms with Gasteiger partial charge < -0.3 is 9.64 Å². The molecule has 4 heteroatoms. The van der Waals surface area contributed by atoms with Crippen LogP contribution in [0, 0.1) is 0 Å². The topological polar surface area (TPSA) is 29.5 Å². The molecule has 1 amide bonds. The highest BCUT2D eigenvalue weighted by Gasteiger charge is 2.22. The number of hydrogen-bond donors (Lipinski definition) is 0. The number of carbonyl (C=O) groups is 1. The summed E-state index contributed by atoms with van der Waals surface area (Å²) in [6, 6.07) is 12.2. The van der Waals surface area contributed by atoms with Crippen LogP contribution in [0.1, 0.15) is 16.0 Å². The van der Waals surface area contributed by atoms with E-state index in [-0.39, 0.29) is 6.09 Å². The summed E-state index contributed by atoms with van der Waals surface area (Å²) in [6.45, 7) is 1.89. The molecule has 0 saturated carbocycles. The predicted octanol–water partition coefficient (Wildman–Crippen LogP) is 3.49. The van der Waals surface area contributed by atoms with Crippen LogP contribution in [-0.2, 0) is 24.1 Å². The molecule has 1 aliphatic heterocycles. The van der Waals surface area contributed by atoms with Gasteiger partial charge in [0.25, 0.3) is 0 Å². The number of benzene rings is 1. The van der Waals surface area contributed by atoms with Gasteiger partial charge in [-0.05, 0) is 29.0 Å². The van der Waals surface area contributed by atoms with Crippen molar-refractivity contribution in [2.45, 2.75) is 19.4 Å². The summed E-state index contributed by atoms with van der Waals surface area (Å²) in [5.41, 5.74) is 2.57. The van der Waals surface area contributed by atoms with Crippen molar-refractivity contribution in [1.29, 1.82) is 0 Å². The zero-order chi connectivity index (χ0) is 13.8. The van der Waals surface area contributed by atoms with Crippen LogP contribution in [0.15, 0.2) is 41.8 Å². The Morgan fingerprint density at radius 1 is 1.25 bits per heavy atom. The molecule has 0 unspecified atom stereocenters. The van der Waals surface area contributed by atoms with E-state index in [1.165, 1.54) is 16.0 Å². The average Bonchev–Trinajstić information content (AvgIpc) is 2.95. The van der Waals surface area contributed by atoms with E-state index >= 15 is 0 Å². The summed E-state index contributed by atoms with van der Waals surface area (Å²) < 4.78 is 5.37. The summed E-state index contributed by atoms with van der Waals surface area (Å²) >= 11 is 1.72. The Balaban J connectivity index is 1.48. The molecular formula is C16H17NO2S. The van der Waals surface area contributed by atoms with Crippen LogP contribution < -0.4 is 0 Å². The predicted molar refractivity (Wildman–Crippen MR) is 79.9 cm³/mol. The van der Waals surface area contributed by atoms with Gasteiger partial charge in [-0.2, -0.15) is 0 Å². The molecule has 2 heterocycles. The summed E-state index contributed by atoms with van der Waals surface area (Å²) in [6.07, 6.45) is 1.51. The fourth-order valence-electron chi connectivity index (χ4n) is 2.38. The van der Waals surface area contributed by atoms with Crippen molar-refractivity contribution in [1.82, 2.24) is 4.90 Å². The first kappa shape index (κ1) is 13.2. The number of carbonyl (C=O) groups excluding carboxylic acids is 1. The summed E-state index contributed by atoms with van der Waals surface area (Å²) in [5.74, 6) is 0. The molecule has 1 aromatic heterocycles. The van der Waals surface area contributed by atoms with Gasteiger partial charge in [-0.25, -0.2) is 4.79 Å². The standard InChI is InChI=1S/C16H17NO2S/c18-16(19-10-7-13-4-2-1-3-5-13)17-9-6-14-8-11-20-15(14)12-17/h1-5,8,11H,6-7,9-10,12H2. The van der Waals surface area contributed by atoms with Gasteiger partial charge in [0.1, 0.15) is 0 Å².